The highest BCUT2D eigenvalue weighted by Gasteiger charge is 2.27. The molecule has 1 aliphatic heterocycles. The SMILES string of the molecule is O=C(C1CCOC1)N(CCCl)CCCl. The largest absolute Gasteiger partial charge is 0.381 e. The molecule has 1 saturated heterocycles. The number of hydrogen-bond acceptors (Lipinski definition) is 2. The highest BCUT2D eigenvalue weighted by atomic mass is 35.5. The summed E-state index contributed by atoms with van der Waals surface area (Å²) in [5.74, 6) is 1.05. The summed E-state index contributed by atoms with van der Waals surface area (Å²) in [7, 11) is 0. The van der Waals surface area contributed by atoms with E-state index in [1.165, 1.54) is 0 Å². The zero-order chi connectivity index (χ0) is 10.4. The Morgan fingerprint density at radius 3 is 2.43 bits per heavy atom. The van der Waals surface area contributed by atoms with Crippen LogP contribution in [-0.2, 0) is 9.53 Å². The molecule has 0 radical (unpaired) electrons. The molecule has 1 fully saturated rings. The summed E-state index contributed by atoms with van der Waals surface area (Å²) in [5.41, 5.74) is 0. The maximum Gasteiger partial charge on any atom is 0.228 e. The number of rotatable bonds is 5. The van der Waals surface area contributed by atoms with Gasteiger partial charge in [0.05, 0.1) is 12.5 Å². The second-order valence-electron chi connectivity index (χ2n) is 3.26. The van der Waals surface area contributed by atoms with Crippen molar-refractivity contribution < 1.29 is 9.53 Å². The third kappa shape index (κ3) is 3.30. The van der Waals surface area contributed by atoms with Gasteiger partial charge in [0, 0.05) is 31.5 Å². The Kier molecular flexibility index (Phi) is 5.60. The Labute approximate surface area is 94.3 Å². The van der Waals surface area contributed by atoms with Crippen LogP contribution in [0.15, 0.2) is 0 Å². The third-order valence-corrected chi connectivity index (χ3v) is 2.64. The molecule has 82 valence electrons. The summed E-state index contributed by atoms with van der Waals surface area (Å²) >= 11 is 11.2. The van der Waals surface area contributed by atoms with Gasteiger partial charge in [0.25, 0.3) is 0 Å². The van der Waals surface area contributed by atoms with Gasteiger partial charge >= 0.3 is 0 Å². The van der Waals surface area contributed by atoms with E-state index < -0.39 is 0 Å². The minimum absolute atomic E-state index is 0.0152. The third-order valence-electron chi connectivity index (χ3n) is 2.30. The number of alkyl halides is 2. The lowest BCUT2D eigenvalue weighted by Gasteiger charge is -2.23. The van der Waals surface area contributed by atoms with Crippen LogP contribution in [-0.4, -0.2) is 48.9 Å². The molecule has 14 heavy (non-hydrogen) atoms. The van der Waals surface area contributed by atoms with Crippen molar-refractivity contribution >= 4 is 29.1 Å². The molecule has 1 amide bonds. The molecule has 1 unspecified atom stereocenters. The molecule has 0 saturated carbocycles. The van der Waals surface area contributed by atoms with Gasteiger partial charge in [-0.1, -0.05) is 0 Å². The van der Waals surface area contributed by atoms with E-state index in [1.54, 1.807) is 4.90 Å². The van der Waals surface area contributed by atoms with Crippen LogP contribution in [0.2, 0.25) is 0 Å². The van der Waals surface area contributed by atoms with Gasteiger partial charge in [-0.05, 0) is 6.42 Å². The highest BCUT2D eigenvalue weighted by Crippen LogP contribution is 2.15. The molecule has 1 rings (SSSR count). The maximum absolute atomic E-state index is 11.9. The maximum atomic E-state index is 11.9. The quantitative estimate of drug-likeness (QED) is 0.678. The monoisotopic (exact) mass is 239 g/mol. The fourth-order valence-electron chi connectivity index (χ4n) is 1.52. The molecule has 1 heterocycles. The fraction of sp³-hybridized carbons (Fsp3) is 0.889. The minimum atomic E-state index is 0.0152. The number of carbonyl (C=O) groups is 1. The van der Waals surface area contributed by atoms with E-state index in [-0.39, 0.29) is 11.8 Å². The Balaban J connectivity index is 2.43. The zero-order valence-corrected chi connectivity index (χ0v) is 9.56. The van der Waals surface area contributed by atoms with Gasteiger partial charge < -0.3 is 9.64 Å². The summed E-state index contributed by atoms with van der Waals surface area (Å²) in [6, 6.07) is 0. The van der Waals surface area contributed by atoms with E-state index in [9.17, 15) is 4.79 Å². The molecule has 3 nitrogen and oxygen atoms in total. The first-order valence-corrected chi connectivity index (χ1v) is 5.85. The number of nitrogens with zero attached hydrogens (tertiary/aromatic N) is 1. The van der Waals surface area contributed by atoms with Gasteiger partial charge in [0.1, 0.15) is 0 Å². The van der Waals surface area contributed by atoms with Crippen LogP contribution in [0.1, 0.15) is 6.42 Å². The van der Waals surface area contributed by atoms with Crippen molar-refractivity contribution in [2.75, 3.05) is 38.1 Å². The molecular weight excluding hydrogens is 225 g/mol. The van der Waals surface area contributed by atoms with Gasteiger partial charge in [-0.25, -0.2) is 0 Å². The van der Waals surface area contributed by atoms with Crippen LogP contribution in [0.25, 0.3) is 0 Å². The normalized spacial score (nSPS) is 21.1. The molecule has 0 aromatic carbocycles. The van der Waals surface area contributed by atoms with Crippen LogP contribution < -0.4 is 0 Å². The average Bonchev–Trinajstić information content (AvgIpc) is 2.69. The van der Waals surface area contributed by atoms with Crippen molar-refractivity contribution in [2.24, 2.45) is 5.92 Å². The van der Waals surface area contributed by atoms with Gasteiger partial charge in [0.15, 0.2) is 0 Å². The summed E-state index contributed by atoms with van der Waals surface area (Å²) in [5, 5.41) is 0. The smallest absolute Gasteiger partial charge is 0.228 e. The van der Waals surface area contributed by atoms with Crippen molar-refractivity contribution in [1.82, 2.24) is 4.90 Å². The molecule has 0 N–H and O–H groups in total. The lowest BCUT2D eigenvalue weighted by Crippen LogP contribution is -2.39. The average molecular weight is 240 g/mol. The van der Waals surface area contributed by atoms with Gasteiger partial charge in [-0.3, -0.25) is 4.79 Å². The Hall–Kier alpha value is 0.01000. The standard InChI is InChI=1S/C9H15Cl2NO2/c10-2-4-12(5-3-11)9(13)8-1-6-14-7-8/h8H,1-7H2. The molecule has 1 aliphatic rings. The predicted octanol–water partition coefficient (Wildman–Crippen LogP) is 1.33. The number of amides is 1. The number of carbonyl (C=O) groups excluding carboxylic acids is 1. The summed E-state index contributed by atoms with van der Waals surface area (Å²) in [4.78, 5) is 13.6. The second kappa shape index (κ2) is 6.49. The molecule has 1 atom stereocenters. The Morgan fingerprint density at radius 1 is 1.36 bits per heavy atom. The van der Waals surface area contributed by atoms with E-state index in [4.69, 9.17) is 27.9 Å². The van der Waals surface area contributed by atoms with Crippen molar-refractivity contribution in [3.8, 4) is 0 Å². The molecule has 0 aromatic heterocycles. The first-order chi connectivity index (χ1) is 6.79. The molecular formula is C9H15Cl2NO2. The Morgan fingerprint density at radius 2 is 2.00 bits per heavy atom. The molecule has 0 aromatic rings. The molecule has 0 spiro atoms. The van der Waals surface area contributed by atoms with E-state index in [1.807, 2.05) is 0 Å². The first kappa shape index (κ1) is 12.1. The summed E-state index contributed by atoms with van der Waals surface area (Å²) in [6.45, 7) is 2.37. The van der Waals surface area contributed by atoms with E-state index >= 15 is 0 Å². The Bertz CT molecular complexity index is 178. The molecule has 5 heteroatoms. The van der Waals surface area contributed by atoms with Gasteiger partial charge in [0.2, 0.25) is 5.91 Å². The van der Waals surface area contributed by atoms with Crippen molar-refractivity contribution in [1.29, 1.82) is 0 Å². The van der Waals surface area contributed by atoms with Crippen molar-refractivity contribution in [3.05, 3.63) is 0 Å². The van der Waals surface area contributed by atoms with E-state index in [0.717, 1.165) is 6.42 Å². The molecule has 0 bridgehead atoms. The zero-order valence-electron chi connectivity index (χ0n) is 8.05. The topological polar surface area (TPSA) is 29.5 Å². The lowest BCUT2D eigenvalue weighted by atomic mass is 10.1. The summed E-state index contributed by atoms with van der Waals surface area (Å²) in [6.07, 6.45) is 0.819. The van der Waals surface area contributed by atoms with E-state index in [2.05, 4.69) is 0 Å². The van der Waals surface area contributed by atoms with E-state index in [0.29, 0.717) is 38.1 Å². The van der Waals surface area contributed by atoms with Crippen LogP contribution in [0, 0.1) is 5.92 Å². The minimum Gasteiger partial charge on any atom is -0.381 e. The number of ether oxygens (including phenoxy) is 1. The van der Waals surface area contributed by atoms with Gasteiger partial charge in [-0.2, -0.15) is 0 Å². The van der Waals surface area contributed by atoms with Crippen LogP contribution >= 0.6 is 23.2 Å². The number of halogens is 2. The van der Waals surface area contributed by atoms with Crippen LogP contribution in [0.3, 0.4) is 0 Å². The number of hydrogen-bond donors (Lipinski definition) is 0. The van der Waals surface area contributed by atoms with Gasteiger partial charge in [-0.15, -0.1) is 23.2 Å². The van der Waals surface area contributed by atoms with Crippen molar-refractivity contribution in [3.63, 3.8) is 0 Å². The first-order valence-electron chi connectivity index (χ1n) is 4.78. The summed E-state index contributed by atoms with van der Waals surface area (Å²) < 4.78 is 5.17. The second-order valence-corrected chi connectivity index (χ2v) is 4.02. The van der Waals surface area contributed by atoms with Crippen LogP contribution in [0.5, 0.6) is 0 Å². The predicted molar refractivity (Wildman–Crippen MR) is 56.9 cm³/mol. The molecule has 0 aliphatic carbocycles. The lowest BCUT2D eigenvalue weighted by molar-refractivity contribution is -0.135. The highest BCUT2D eigenvalue weighted by molar-refractivity contribution is 6.18. The van der Waals surface area contributed by atoms with Crippen molar-refractivity contribution in [2.45, 2.75) is 6.42 Å². The van der Waals surface area contributed by atoms with Crippen LogP contribution in [0.4, 0.5) is 0 Å². The fourth-order valence-corrected chi connectivity index (χ4v) is 1.93.